The minimum Gasteiger partial charge on any atom is -0.355 e. The predicted octanol–water partition coefficient (Wildman–Crippen LogP) is 3.05. The molecule has 6 nitrogen and oxygen atoms in total. The number of rotatable bonds is 4. The van der Waals surface area contributed by atoms with E-state index < -0.39 is 0 Å². The Morgan fingerprint density at radius 2 is 2.27 bits per heavy atom. The molecular weight excluding hydrogens is 348 g/mol. The number of morpholine rings is 1. The first kappa shape index (κ1) is 17.1. The van der Waals surface area contributed by atoms with Gasteiger partial charge in [-0.25, -0.2) is 4.98 Å². The van der Waals surface area contributed by atoms with Crippen molar-refractivity contribution in [2.24, 2.45) is 0 Å². The first-order valence-corrected chi connectivity index (χ1v) is 9.57. The Morgan fingerprint density at radius 1 is 1.35 bits per heavy atom. The van der Waals surface area contributed by atoms with Crippen LogP contribution in [-0.2, 0) is 9.53 Å². The van der Waals surface area contributed by atoms with Gasteiger partial charge in [0.2, 0.25) is 5.91 Å². The Labute approximate surface area is 155 Å². The molecule has 1 aromatic carbocycles. The third-order valence-electron chi connectivity index (χ3n) is 4.44. The van der Waals surface area contributed by atoms with Gasteiger partial charge in [-0.2, -0.15) is 0 Å². The summed E-state index contributed by atoms with van der Waals surface area (Å²) >= 11 is 1.61. The molecule has 26 heavy (non-hydrogen) atoms. The van der Waals surface area contributed by atoms with Crippen molar-refractivity contribution in [2.45, 2.75) is 19.6 Å². The molecule has 3 heterocycles. The smallest absolute Gasteiger partial charge is 0.230 e. The highest BCUT2D eigenvalue weighted by atomic mass is 32.1. The highest BCUT2D eigenvalue weighted by molar-refractivity contribution is 7.13. The lowest BCUT2D eigenvalue weighted by molar-refractivity contribution is -0.121. The minimum absolute atomic E-state index is 0.00385. The number of ether oxygens (including phenoxy) is 1. The minimum atomic E-state index is -0.328. The van der Waals surface area contributed by atoms with Crippen LogP contribution in [0.5, 0.6) is 0 Å². The van der Waals surface area contributed by atoms with E-state index in [4.69, 9.17) is 4.74 Å². The molecule has 1 saturated heterocycles. The van der Waals surface area contributed by atoms with Crippen LogP contribution < -0.4 is 10.2 Å². The van der Waals surface area contributed by atoms with Crippen LogP contribution in [0.3, 0.4) is 0 Å². The van der Waals surface area contributed by atoms with Crippen molar-refractivity contribution < 1.29 is 9.53 Å². The van der Waals surface area contributed by atoms with E-state index in [1.807, 2.05) is 37.0 Å². The predicted molar refractivity (Wildman–Crippen MR) is 103 cm³/mol. The number of fused-ring (bicyclic) bond motifs is 1. The Bertz CT molecular complexity index is 907. The highest BCUT2D eigenvalue weighted by Crippen LogP contribution is 2.29. The average molecular weight is 368 g/mol. The average Bonchev–Trinajstić information content (AvgIpc) is 3.23. The van der Waals surface area contributed by atoms with Crippen LogP contribution in [0.1, 0.15) is 13.3 Å². The molecule has 0 aliphatic carbocycles. The van der Waals surface area contributed by atoms with Gasteiger partial charge < -0.3 is 10.1 Å². The Balaban J connectivity index is 1.74. The van der Waals surface area contributed by atoms with Gasteiger partial charge >= 0.3 is 0 Å². The van der Waals surface area contributed by atoms with Crippen molar-refractivity contribution in [3.63, 3.8) is 0 Å². The van der Waals surface area contributed by atoms with Crippen LogP contribution in [0.25, 0.3) is 21.2 Å². The van der Waals surface area contributed by atoms with Crippen molar-refractivity contribution in [3.8, 4) is 10.4 Å². The van der Waals surface area contributed by atoms with Crippen LogP contribution in [0.15, 0.2) is 42.2 Å². The maximum Gasteiger partial charge on any atom is 0.230 e. The second-order valence-electron chi connectivity index (χ2n) is 6.12. The van der Waals surface area contributed by atoms with Crippen molar-refractivity contribution in [2.75, 3.05) is 24.6 Å². The molecule has 0 bridgehead atoms. The number of anilines is 1. The number of carbonyl (C=O) groups excluding carboxylic acids is 1. The first-order valence-electron chi connectivity index (χ1n) is 8.69. The fourth-order valence-electron chi connectivity index (χ4n) is 3.10. The summed E-state index contributed by atoms with van der Waals surface area (Å²) in [5.41, 5.74) is 2.94. The zero-order valence-corrected chi connectivity index (χ0v) is 15.3. The van der Waals surface area contributed by atoms with E-state index in [-0.39, 0.29) is 12.1 Å². The summed E-state index contributed by atoms with van der Waals surface area (Å²) in [4.78, 5) is 24.0. The summed E-state index contributed by atoms with van der Waals surface area (Å²) in [7, 11) is 0. The van der Waals surface area contributed by atoms with E-state index in [1.165, 1.54) is 0 Å². The molecule has 1 aliphatic heterocycles. The van der Waals surface area contributed by atoms with Crippen molar-refractivity contribution >= 4 is 33.8 Å². The van der Waals surface area contributed by atoms with Crippen LogP contribution in [-0.4, -0.2) is 41.8 Å². The number of benzene rings is 1. The molecule has 1 fully saturated rings. The van der Waals surface area contributed by atoms with Crippen molar-refractivity contribution in [1.82, 2.24) is 15.3 Å². The zero-order chi connectivity index (χ0) is 17.9. The molecule has 7 heteroatoms. The maximum absolute atomic E-state index is 12.6. The topological polar surface area (TPSA) is 67.4 Å². The third-order valence-corrected chi connectivity index (χ3v) is 5.26. The molecular formula is C19H20N4O2S. The lowest BCUT2D eigenvalue weighted by atomic mass is 10.1. The summed E-state index contributed by atoms with van der Waals surface area (Å²) in [6.07, 6.45) is 3.75. The number of thiazole rings is 1. The highest BCUT2D eigenvalue weighted by Gasteiger charge is 2.27. The standard InChI is InChI=1S/C19H20N4O2S/c1-2-18(24)23(19-11-20-5-6-25-19)17-8-15-7-13(16-10-21-12-26-16)3-4-14(15)9-22-17/h3-4,7-10,12,19-20H,2,5-6,11H2,1H3. The number of carbonyl (C=O) groups is 1. The SMILES string of the molecule is CCC(=O)N(c1cc2cc(-c3cncs3)ccc2cn1)C1CNCCO1. The maximum atomic E-state index is 12.6. The van der Waals surface area contributed by atoms with Gasteiger partial charge in [-0.3, -0.25) is 14.7 Å². The van der Waals surface area contributed by atoms with E-state index in [0.29, 0.717) is 25.4 Å². The summed E-state index contributed by atoms with van der Waals surface area (Å²) in [6, 6.07) is 8.19. The summed E-state index contributed by atoms with van der Waals surface area (Å²) in [5.74, 6) is 0.628. The Hall–Kier alpha value is -2.35. The zero-order valence-electron chi connectivity index (χ0n) is 14.5. The van der Waals surface area contributed by atoms with E-state index in [9.17, 15) is 4.79 Å². The Kier molecular flexibility index (Phi) is 4.92. The van der Waals surface area contributed by atoms with Gasteiger partial charge in [0.05, 0.1) is 17.0 Å². The second-order valence-corrected chi connectivity index (χ2v) is 7.00. The first-order chi connectivity index (χ1) is 12.8. The molecule has 134 valence electrons. The molecule has 0 saturated carbocycles. The lowest BCUT2D eigenvalue weighted by Gasteiger charge is -2.33. The normalized spacial score (nSPS) is 17.3. The molecule has 0 spiro atoms. The van der Waals surface area contributed by atoms with E-state index in [0.717, 1.165) is 27.8 Å². The molecule has 0 radical (unpaired) electrons. The molecule has 3 aromatic rings. The number of pyridine rings is 1. The molecule has 1 N–H and O–H groups in total. The number of hydrogen-bond donors (Lipinski definition) is 1. The van der Waals surface area contributed by atoms with Gasteiger partial charge in [0.1, 0.15) is 5.82 Å². The number of nitrogens with one attached hydrogen (secondary N) is 1. The summed E-state index contributed by atoms with van der Waals surface area (Å²) in [5, 5.41) is 5.35. The monoisotopic (exact) mass is 368 g/mol. The molecule has 1 amide bonds. The lowest BCUT2D eigenvalue weighted by Crippen LogP contribution is -2.52. The number of aromatic nitrogens is 2. The molecule has 1 aliphatic rings. The fraction of sp³-hybridized carbons (Fsp3) is 0.316. The fourth-order valence-corrected chi connectivity index (χ4v) is 3.72. The molecule has 1 unspecified atom stereocenters. The van der Waals surface area contributed by atoms with E-state index in [2.05, 4.69) is 27.4 Å². The Morgan fingerprint density at radius 3 is 3.00 bits per heavy atom. The van der Waals surface area contributed by atoms with Crippen molar-refractivity contribution in [3.05, 3.63) is 42.2 Å². The summed E-state index contributed by atoms with van der Waals surface area (Å²) < 4.78 is 5.81. The largest absolute Gasteiger partial charge is 0.355 e. The van der Waals surface area contributed by atoms with Gasteiger partial charge in [0.25, 0.3) is 0 Å². The van der Waals surface area contributed by atoms with E-state index >= 15 is 0 Å². The van der Waals surface area contributed by atoms with Crippen LogP contribution in [0, 0.1) is 0 Å². The number of amides is 1. The molecule has 4 rings (SSSR count). The van der Waals surface area contributed by atoms with Gasteiger partial charge in [-0.15, -0.1) is 11.3 Å². The summed E-state index contributed by atoms with van der Waals surface area (Å²) in [6.45, 7) is 3.84. The van der Waals surface area contributed by atoms with Crippen LogP contribution >= 0.6 is 11.3 Å². The molecule has 2 aromatic heterocycles. The quantitative estimate of drug-likeness (QED) is 0.767. The number of nitrogens with zero attached hydrogens (tertiary/aromatic N) is 3. The second kappa shape index (κ2) is 7.49. The number of hydrogen-bond acceptors (Lipinski definition) is 6. The molecule has 1 atom stereocenters. The van der Waals surface area contributed by atoms with Gasteiger partial charge in [0, 0.05) is 37.3 Å². The third kappa shape index (κ3) is 3.33. The van der Waals surface area contributed by atoms with Gasteiger partial charge in [0.15, 0.2) is 6.23 Å². The van der Waals surface area contributed by atoms with Crippen molar-refractivity contribution in [1.29, 1.82) is 0 Å². The van der Waals surface area contributed by atoms with Gasteiger partial charge in [-0.1, -0.05) is 19.1 Å². The van der Waals surface area contributed by atoms with Crippen LogP contribution in [0.4, 0.5) is 5.82 Å². The van der Waals surface area contributed by atoms with Gasteiger partial charge in [-0.05, 0) is 23.1 Å². The van der Waals surface area contributed by atoms with E-state index in [1.54, 1.807) is 16.2 Å². The van der Waals surface area contributed by atoms with Crippen LogP contribution in [0.2, 0.25) is 0 Å².